The molecule has 1 aliphatic heterocycles. The monoisotopic (exact) mass is 205 g/mol. The average Bonchev–Trinajstić information content (AvgIpc) is 2.58. The molecule has 1 N–H and O–H groups in total. The van der Waals surface area contributed by atoms with Gasteiger partial charge in [0.15, 0.2) is 0 Å². The third-order valence-corrected chi connectivity index (χ3v) is 3.39. The summed E-state index contributed by atoms with van der Waals surface area (Å²) in [5.41, 5.74) is 1.64. The van der Waals surface area contributed by atoms with Crippen LogP contribution in [0, 0.1) is 5.41 Å². The molecule has 1 aromatic carbocycles. The summed E-state index contributed by atoms with van der Waals surface area (Å²) in [5.74, 6) is 1.56. The van der Waals surface area contributed by atoms with Crippen molar-refractivity contribution >= 4 is 0 Å². The van der Waals surface area contributed by atoms with Crippen molar-refractivity contribution in [2.45, 2.75) is 19.8 Å². The van der Waals surface area contributed by atoms with Gasteiger partial charge in [-0.15, -0.1) is 0 Å². The Balaban J connectivity index is 2.36. The molecule has 1 atom stereocenters. The van der Waals surface area contributed by atoms with Crippen LogP contribution in [0.2, 0.25) is 0 Å². The van der Waals surface area contributed by atoms with Crippen molar-refractivity contribution in [2.75, 3.05) is 20.2 Å². The topological polar surface area (TPSA) is 21.3 Å². The van der Waals surface area contributed by atoms with Gasteiger partial charge in [0.2, 0.25) is 0 Å². The Morgan fingerprint density at radius 1 is 1.33 bits per heavy atom. The molecule has 0 radical (unpaired) electrons. The molecule has 0 unspecified atom stereocenters. The highest BCUT2D eigenvalue weighted by atomic mass is 16.5. The molecule has 1 aromatic rings. The summed E-state index contributed by atoms with van der Waals surface area (Å²) in [6.07, 6.45) is 0. The third-order valence-electron chi connectivity index (χ3n) is 3.39. The van der Waals surface area contributed by atoms with E-state index < -0.39 is 0 Å². The van der Waals surface area contributed by atoms with Gasteiger partial charge in [-0.25, -0.2) is 0 Å². The maximum Gasteiger partial charge on any atom is 0.122 e. The molecule has 82 valence electrons. The zero-order valence-electron chi connectivity index (χ0n) is 9.71. The van der Waals surface area contributed by atoms with E-state index in [1.54, 1.807) is 7.11 Å². The van der Waals surface area contributed by atoms with Gasteiger partial charge in [-0.3, -0.25) is 0 Å². The zero-order chi connectivity index (χ0) is 10.9. The van der Waals surface area contributed by atoms with Gasteiger partial charge in [-0.2, -0.15) is 0 Å². The average molecular weight is 205 g/mol. The Hall–Kier alpha value is -1.02. The van der Waals surface area contributed by atoms with Crippen molar-refractivity contribution in [1.82, 2.24) is 5.32 Å². The van der Waals surface area contributed by atoms with Gasteiger partial charge in [0.25, 0.3) is 0 Å². The molecule has 2 rings (SSSR count). The lowest BCUT2D eigenvalue weighted by Gasteiger charge is -2.27. The summed E-state index contributed by atoms with van der Waals surface area (Å²) in [6, 6.07) is 8.34. The van der Waals surface area contributed by atoms with E-state index in [1.807, 2.05) is 12.1 Å². The SMILES string of the molecule is COc1ccccc1[C@@H]1CNCC1(C)C. The van der Waals surface area contributed by atoms with Crippen LogP contribution in [0.4, 0.5) is 0 Å². The van der Waals surface area contributed by atoms with Crippen molar-refractivity contribution < 1.29 is 4.74 Å². The van der Waals surface area contributed by atoms with E-state index in [-0.39, 0.29) is 0 Å². The highest BCUT2D eigenvalue weighted by Crippen LogP contribution is 2.41. The summed E-state index contributed by atoms with van der Waals surface area (Å²) in [6.45, 7) is 6.75. The molecule has 1 fully saturated rings. The number of nitrogens with one attached hydrogen (secondary N) is 1. The summed E-state index contributed by atoms with van der Waals surface area (Å²) < 4.78 is 5.42. The molecule has 0 spiro atoms. The maximum absolute atomic E-state index is 5.42. The van der Waals surface area contributed by atoms with Gasteiger partial charge in [-0.1, -0.05) is 32.0 Å². The molecular formula is C13H19NO. The van der Waals surface area contributed by atoms with Gasteiger partial charge < -0.3 is 10.1 Å². The molecule has 0 aliphatic carbocycles. The molecule has 1 heterocycles. The number of para-hydroxylation sites is 1. The van der Waals surface area contributed by atoms with E-state index in [4.69, 9.17) is 4.74 Å². The fourth-order valence-electron chi connectivity index (χ4n) is 2.42. The van der Waals surface area contributed by atoms with E-state index in [0.717, 1.165) is 18.8 Å². The summed E-state index contributed by atoms with van der Waals surface area (Å²) >= 11 is 0. The number of ether oxygens (including phenoxy) is 1. The smallest absolute Gasteiger partial charge is 0.122 e. The number of rotatable bonds is 2. The third kappa shape index (κ3) is 1.86. The first-order valence-corrected chi connectivity index (χ1v) is 5.49. The first-order chi connectivity index (χ1) is 7.15. The Labute approximate surface area is 91.6 Å². The van der Waals surface area contributed by atoms with Gasteiger partial charge in [0.1, 0.15) is 5.75 Å². The Kier molecular flexibility index (Phi) is 2.70. The quantitative estimate of drug-likeness (QED) is 0.800. The van der Waals surface area contributed by atoms with Crippen LogP contribution >= 0.6 is 0 Å². The van der Waals surface area contributed by atoms with Gasteiger partial charge >= 0.3 is 0 Å². The summed E-state index contributed by atoms with van der Waals surface area (Å²) in [5, 5.41) is 3.46. The second-order valence-electron chi connectivity index (χ2n) is 4.91. The second kappa shape index (κ2) is 3.86. The lowest BCUT2D eigenvalue weighted by molar-refractivity contribution is 0.345. The lowest BCUT2D eigenvalue weighted by Crippen LogP contribution is -2.21. The molecular weight excluding hydrogens is 186 g/mol. The summed E-state index contributed by atoms with van der Waals surface area (Å²) in [4.78, 5) is 0. The van der Waals surface area contributed by atoms with Crippen LogP contribution in [-0.4, -0.2) is 20.2 Å². The van der Waals surface area contributed by atoms with Gasteiger partial charge in [0, 0.05) is 19.0 Å². The van der Waals surface area contributed by atoms with E-state index in [0.29, 0.717) is 11.3 Å². The van der Waals surface area contributed by atoms with Crippen molar-refractivity contribution in [3.05, 3.63) is 29.8 Å². The largest absolute Gasteiger partial charge is 0.496 e. The minimum Gasteiger partial charge on any atom is -0.496 e. The highest BCUT2D eigenvalue weighted by Gasteiger charge is 2.36. The first kappa shape index (κ1) is 10.5. The Bertz CT molecular complexity index is 346. The van der Waals surface area contributed by atoms with E-state index >= 15 is 0 Å². The number of benzene rings is 1. The molecule has 15 heavy (non-hydrogen) atoms. The second-order valence-corrected chi connectivity index (χ2v) is 4.91. The fourth-order valence-corrected chi connectivity index (χ4v) is 2.42. The lowest BCUT2D eigenvalue weighted by atomic mass is 9.77. The van der Waals surface area contributed by atoms with Crippen LogP contribution in [0.1, 0.15) is 25.3 Å². The van der Waals surface area contributed by atoms with Crippen molar-refractivity contribution in [1.29, 1.82) is 0 Å². The van der Waals surface area contributed by atoms with Crippen LogP contribution in [0.15, 0.2) is 24.3 Å². The standard InChI is InChI=1S/C13H19NO/c1-13(2)9-14-8-11(13)10-6-4-5-7-12(10)15-3/h4-7,11,14H,8-9H2,1-3H3/t11-/m0/s1. The van der Waals surface area contributed by atoms with E-state index in [1.165, 1.54) is 5.56 Å². The van der Waals surface area contributed by atoms with Gasteiger partial charge in [0.05, 0.1) is 7.11 Å². The molecule has 0 aromatic heterocycles. The van der Waals surface area contributed by atoms with E-state index in [2.05, 4.69) is 31.3 Å². The molecule has 1 aliphatic rings. The Morgan fingerprint density at radius 3 is 2.67 bits per heavy atom. The maximum atomic E-state index is 5.42. The van der Waals surface area contributed by atoms with Crippen molar-refractivity contribution in [2.24, 2.45) is 5.41 Å². The molecule has 2 nitrogen and oxygen atoms in total. The van der Waals surface area contributed by atoms with Crippen LogP contribution in [-0.2, 0) is 0 Å². The minimum absolute atomic E-state index is 0.314. The molecule has 1 saturated heterocycles. The van der Waals surface area contributed by atoms with E-state index in [9.17, 15) is 0 Å². The number of hydrogen-bond donors (Lipinski definition) is 1. The number of hydrogen-bond acceptors (Lipinski definition) is 2. The van der Waals surface area contributed by atoms with Crippen LogP contribution in [0.3, 0.4) is 0 Å². The first-order valence-electron chi connectivity index (χ1n) is 5.49. The molecule has 0 saturated carbocycles. The van der Waals surface area contributed by atoms with Crippen LogP contribution in [0.5, 0.6) is 5.75 Å². The van der Waals surface area contributed by atoms with Crippen LogP contribution in [0.25, 0.3) is 0 Å². The van der Waals surface area contributed by atoms with Gasteiger partial charge in [-0.05, 0) is 17.0 Å². The number of methoxy groups -OCH3 is 1. The zero-order valence-corrected chi connectivity index (χ0v) is 9.71. The normalized spacial score (nSPS) is 24.1. The van der Waals surface area contributed by atoms with Crippen LogP contribution < -0.4 is 10.1 Å². The molecule has 0 amide bonds. The molecule has 2 heteroatoms. The highest BCUT2D eigenvalue weighted by molar-refractivity contribution is 5.38. The Morgan fingerprint density at radius 2 is 2.07 bits per heavy atom. The van der Waals surface area contributed by atoms with Crippen molar-refractivity contribution in [3.63, 3.8) is 0 Å². The minimum atomic E-state index is 0.314. The predicted molar refractivity (Wildman–Crippen MR) is 62.4 cm³/mol. The van der Waals surface area contributed by atoms with Crippen molar-refractivity contribution in [3.8, 4) is 5.75 Å². The summed E-state index contributed by atoms with van der Waals surface area (Å²) in [7, 11) is 1.74. The fraction of sp³-hybridized carbons (Fsp3) is 0.538. The predicted octanol–water partition coefficient (Wildman–Crippen LogP) is 2.41. The molecule has 0 bridgehead atoms.